The first-order valence-electron chi connectivity index (χ1n) is 5.69. The second-order valence-corrected chi connectivity index (χ2v) is 3.71. The van der Waals surface area contributed by atoms with Gasteiger partial charge in [0.2, 0.25) is 0 Å². The molecule has 1 amide bonds. The quantitative estimate of drug-likeness (QED) is 0.826. The van der Waals surface area contributed by atoms with Crippen molar-refractivity contribution in [3.05, 3.63) is 23.9 Å². The van der Waals surface area contributed by atoms with Gasteiger partial charge in [-0.2, -0.15) is 0 Å². The molecule has 4 heteroatoms. The maximum absolute atomic E-state index is 12.1. The van der Waals surface area contributed by atoms with Gasteiger partial charge < -0.3 is 10.6 Å². The number of pyridine rings is 1. The van der Waals surface area contributed by atoms with Gasteiger partial charge in [0.25, 0.3) is 5.91 Å². The third-order valence-electron chi connectivity index (χ3n) is 2.48. The third kappa shape index (κ3) is 3.22. The molecule has 1 rings (SSSR count). The predicted octanol–water partition coefficient (Wildman–Crippen LogP) is 1.93. The van der Waals surface area contributed by atoms with Crippen LogP contribution in [0.25, 0.3) is 0 Å². The van der Waals surface area contributed by atoms with E-state index >= 15 is 0 Å². The van der Waals surface area contributed by atoms with Crippen molar-refractivity contribution in [1.82, 2.24) is 9.88 Å². The van der Waals surface area contributed by atoms with E-state index in [9.17, 15) is 4.79 Å². The van der Waals surface area contributed by atoms with Crippen LogP contribution in [0.5, 0.6) is 0 Å². The summed E-state index contributed by atoms with van der Waals surface area (Å²) in [5.74, 6) is 0.419. The lowest BCUT2D eigenvalue weighted by molar-refractivity contribution is 0.0762. The van der Waals surface area contributed by atoms with Crippen LogP contribution < -0.4 is 5.73 Å². The summed E-state index contributed by atoms with van der Waals surface area (Å²) in [7, 11) is 0. The summed E-state index contributed by atoms with van der Waals surface area (Å²) >= 11 is 0. The lowest BCUT2D eigenvalue weighted by atomic mass is 10.2. The molecule has 0 spiro atoms. The molecule has 2 N–H and O–H groups in total. The molecule has 1 heterocycles. The number of hydrogen-bond acceptors (Lipinski definition) is 3. The summed E-state index contributed by atoms with van der Waals surface area (Å²) in [6.07, 6.45) is 3.68. The fourth-order valence-corrected chi connectivity index (χ4v) is 1.52. The van der Waals surface area contributed by atoms with Crippen molar-refractivity contribution in [2.24, 2.45) is 0 Å². The van der Waals surface area contributed by atoms with E-state index in [0.717, 1.165) is 25.9 Å². The Bertz CT molecular complexity index is 352. The lowest BCUT2D eigenvalue weighted by Crippen LogP contribution is -2.31. The van der Waals surface area contributed by atoms with Crippen LogP contribution in [0, 0.1) is 0 Å². The van der Waals surface area contributed by atoms with E-state index in [1.165, 1.54) is 0 Å². The fraction of sp³-hybridized carbons (Fsp3) is 0.500. The second-order valence-electron chi connectivity index (χ2n) is 3.71. The second kappa shape index (κ2) is 6.10. The topological polar surface area (TPSA) is 59.2 Å². The maximum atomic E-state index is 12.1. The van der Waals surface area contributed by atoms with Crippen molar-refractivity contribution in [3.63, 3.8) is 0 Å². The molecule has 0 atom stereocenters. The summed E-state index contributed by atoms with van der Waals surface area (Å²) in [5.41, 5.74) is 6.17. The lowest BCUT2D eigenvalue weighted by Gasteiger charge is -2.20. The minimum atomic E-state index is 0.0325. The first kappa shape index (κ1) is 12.5. The summed E-state index contributed by atoms with van der Waals surface area (Å²) in [4.78, 5) is 17.8. The predicted molar refractivity (Wildman–Crippen MR) is 65.1 cm³/mol. The van der Waals surface area contributed by atoms with Crippen LogP contribution in [-0.2, 0) is 0 Å². The Morgan fingerprint density at radius 2 is 2.25 bits per heavy atom. The molecule has 0 aliphatic carbocycles. The van der Waals surface area contributed by atoms with Crippen LogP contribution in [0.2, 0.25) is 0 Å². The molecule has 16 heavy (non-hydrogen) atoms. The first-order chi connectivity index (χ1) is 7.69. The van der Waals surface area contributed by atoms with Crippen molar-refractivity contribution in [2.75, 3.05) is 18.8 Å². The standard InChI is InChI=1S/C12H19N3O/c1-3-5-8-15(4-2)12(16)10-6-7-14-11(13)9-10/h6-7,9H,3-5,8H2,1-2H3,(H2,13,14). The number of nitrogens with two attached hydrogens (primary N) is 1. The SMILES string of the molecule is CCCCN(CC)C(=O)c1ccnc(N)c1. The van der Waals surface area contributed by atoms with Crippen molar-refractivity contribution >= 4 is 11.7 Å². The van der Waals surface area contributed by atoms with Gasteiger partial charge in [-0.25, -0.2) is 4.98 Å². The Kier molecular flexibility index (Phi) is 4.76. The monoisotopic (exact) mass is 221 g/mol. The van der Waals surface area contributed by atoms with Crippen LogP contribution in [0.15, 0.2) is 18.3 Å². The average molecular weight is 221 g/mol. The van der Waals surface area contributed by atoms with E-state index in [2.05, 4.69) is 11.9 Å². The van der Waals surface area contributed by atoms with Crippen molar-refractivity contribution in [2.45, 2.75) is 26.7 Å². The third-order valence-corrected chi connectivity index (χ3v) is 2.48. The van der Waals surface area contributed by atoms with Crippen molar-refractivity contribution in [3.8, 4) is 0 Å². The smallest absolute Gasteiger partial charge is 0.254 e. The van der Waals surface area contributed by atoms with E-state index in [-0.39, 0.29) is 5.91 Å². The molecule has 0 unspecified atom stereocenters. The Balaban J connectivity index is 2.74. The molecule has 0 aliphatic rings. The van der Waals surface area contributed by atoms with Gasteiger partial charge >= 0.3 is 0 Å². The molecule has 88 valence electrons. The molecule has 1 aromatic heterocycles. The number of rotatable bonds is 5. The van der Waals surface area contributed by atoms with Crippen LogP contribution in [0.1, 0.15) is 37.0 Å². The summed E-state index contributed by atoms with van der Waals surface area (Å²) in [5, 5.41) is 0. The zero-order valence-corrected chi connectivity index (χ0v) is 9.94. The van der Waals surface area contributed by atoms with Gasteiger partial charge in [0.15, 0.2) is 0 Å². The molecule has 0 saturated heterocycles. The number of anilines is 1. The summed E-state index contributed by atoms with van der Waals surface area (Å²) < 4.78 is 0. The number of hydrogen-bond donors (Lipinski definition) is 1. The van der Waals surface area contributed by atoms with Gasteiger partial charge in [-0.15, -0.1) is 0 Å². The fourth-order valence-electron chi connectivity index (χ4n) is 1.52. The molecule has 4 nitrogen and oxygen atoms in total. The summed E-state index contributed by atoms with van der Waals surface area (Å²) in [6, 6.07) is 3.32. The van der Waals surface area contributed by atoms with E-state index in [1.54, 1.807) is 18.3 Å². The van der Waals surface area contributed by atoms with Crippen LogP contribution in [-0.4, -0.2) is 28.9 Å². The molecule has 0 radical (unpaired) electrons. The number of carbonyl (C=O) groups is 1. The van der Waals surface area contributed by atoms with E-state index in [0.29, 0.717) is 11.4 Å². The van der Waals surface area contributed by atoms with E-state index < -0.39 is 0 Å². The Morgan fingerprint density at radius 1 is 1.50 bits per heavy atom. The number of unbranched alkanes of at least 4 members (excludes halogenated alkanes) is 1. The minimum absolute atomic E-state index is 0.0325. The van der Waals surface area contributed by atoms with Gasteiger partial charge in [0.05, 0.1) is 0 Å². The number of nitrogens with zero attached hydrogens (tertiary/aromatic N) is 2. The van der Waals surface area contributed by atoms with Gasteiger partial charge in [-0.1, -0.05) is 13.3 Å². The van der Waals surface area contributed by atoms with Crippen LogP contribution in [0.3, 0.4) is 0 Å². The zero-order chi connectivity index (χ0) is 12.0. The van der Waals surface area contributed by atoms with Crippen molar-refractivity contribution in [1.29, 1.82) is 0 Å². The molecule has 0 aromatic carbocycles. The minimum Gasteiger partial charge on any atom is -0.384 e. The normalized spacial score (nSPS) is 10.1. The van der Waals surface area contributed by atoms with Crippen molar-refractivity contribution < 1.29 is 4.79 Å². The molecule has 1 aromatic rings. The zero-order valence-electron chi connectivity index (χ0n) is 9.94. The molecule has 0 aliphatic heterocycles. The average Bonchev–Trinajstić information content (AvgIpc) is 2.29. The highest BCUT2D eigenvalue weighted by Gasteiger charge is 2.13. The number of carbonyl (C=O) groups excluding carboxylic acids is 1. The van der Waals surface area contributed by atoms with E-state index in [1.807, 2.05) is 11.8 Å². The Labute approximate surface area is 96.5 Å². The van der Waals surface area contributed by atoms with Crippen LogP contribution in [0.4, 0.5) is 5.82 Å². The number of amides is 1. The maximum Gasteiger partial charge on any atom is 0.254 e. The van der Waals surface area contributed by atoms with Gasteiger partial charge in [-0.3, -0.25) is 4.79 Å². The number of aromatic nitrogens is 1. The highest BCUT2D eigenvalue weighted by atomic mass is 16.2. The van der Waals surface area contributed by atoms with Gasteiger partial charge in [-0.05, 0) is 25.5 Å². The van der Waals surface area contributed by atoms with Crippen LogP contribution >= 0.6 is 0 Å². The Hall–Kier alpha value is -1.58. The van der Waals surface area contributed by atoms with E-state index in [4.69, 9.17) is 5.73 Å². The van der Waals surface area contributed by atoms with Gasteiger partial charge in [0, 0.05) is 24.8 Å². The molecular weight excluding hydrogens is 202 g/mol. The molecule has 0 fully saturated rings. The molecule has 0 bridgehead atoms. The summed E-state index contributed by atoms with van der Waals surface area (Å²) in [6.45, 7) is 5.62. The number of nitrogen functional groups attached to an aromatic ring is 1. The molecular formula is C12H19N3O. The molecule has 0 saturated carbocycles. The largest absolute Gasteiger partial charge is 0.384 e. The highest BCUT2D eigenvalue weighted by molar-refractivity contribution is 5.94. The Morgan fingerprint density at radius 3 is 2.81 bits per heavy atom. The first-order valence-corrected chi connectivity index (χ1v) is 5.69. The highest BCUT2D eigenvalue weighted by Crippen LogP contribution is 2.08. The van der Waals surface area contributed by atoms with Gasteiger partial charge in [0.1, 0.15) is 5.82 Å².